The molecule has 0 aliphatic heterocycles. The smallest absolute Gasteiger partial charge is 0.747 e. The van der Waals surface area contributed by atoms with Gasteiger partial charge in [0.15, 0.2) is 4.99 Å². The summed E-state index contributed by atoms with van der Waals surface area (Å²) in [5, 5.41) is 0. The minimum Gasteiger partial charge on any atom is -0.747 e. The van der Waals surface area contributed by atoms with Gasteiger partial charge in [-0.15, -0.1) is 0 Å². The quantitative estimate of drug-likeness (QED) is 0.0298. The SMILES string of the molecule is CC(C)=CCC/C(C)=C/CC/C(C)=C/CCCC(P(=O)(OC(C)OC(=O)c1ccccc1)OC(C)OC(=O)c1ccccc1)S(=O)(=O)[O-].[K+]. The first-order valence-corrected chi connectivity index (χ1v) is 19.1. The van der Waals surface area contributed by atoms with Crippen LogP contribution in [0.1, 0.15) is 107 Å². The molecule has 0 radical (unpaired) electrons. The second kappa shape index (κ2) is 23.0. The second-order valence-corrected chi connectivity index (χ2v) is 15.8. The Morgan fingerprint density at radius 1 is 0.735 bits per heavy atom. The standard InChI is InChI=1S/C36H49O10PS.K/c1-27(2)17-15-19-29(4)21-16-20-28(3)18-13-14-26-34(48(40,41)42)47(39,45-30(5)43-35(37)32-22-9-7-10-23-32)46-31(6)44-36(38)33-24-11-8-12-25-33;/h7-12,17-18,21-25,30-31,34H,13-16,19-20,26H2,1-6H3,(H,40,41,42);/q;+1/p-1/b28-18+,29-21+;. The third-order valence-electron chi connectivity index (χ3n) is 7.11. The molecule has 2 rings (SSSR count). The molecule has 0 bridgehead atoms. The van der Waals surface area contributed by atoms with E-state index in [1.165, 1.54) is 49.3 Å². The Hall–Kier alpha value is -1.70. The predicted octanol–water partition coefficient (Wildman–Crippen LogP) is 6.08. The molecule has 0 fully saturated rings. The van der Waals surface area contributed by atoms with Crippen molar-refractivity contribution in [3.8, 4) is 0 Å². The van der Waals surface area contributed by atoms with Crippen LogP contribution in [0.15, 0.2) is 95.6 Å². The minimum absolute atomic E-state index is 0. The van der Waals surface area contributed by atoms with E-state index in [0.717, 1.165) is 31.3 Å². The van der Waals surface area contributed by atoms with Gasteiger partial charge in [0.2, 0.25) is 12.6 Å². The van der Waals surface area contributed by atoms with Gasteiger partial charge in [-0.1, -0.05) is 71.3 Å². The van der Waals surface area contributed by atoms with Gasteiger partial charge in [-0.3, -0.25) is 13.6 Å². The third kappa shape index (κ3) is 17.9. The van der Waals surface area contributed by atoms with E-state index >= 15 is 0 Å². The topological polar surface area (TPSA) is 145 Å². The Kier molecular flexibility index (Phi) is 21.3. The molecule has 10 nitrogen and oxygen atoms in total. The number of carbonyl (C=O) groups is 2. The van der Waals surface area contributed by atoms with Gasteiger partial charge < -0.3 is 14.0 Å². The van der Waals surface area contributed by atoms with Crippen LogP contribution in [0.2, 0.25) is 0 Å². The summed E-state index contributed by atoms with van der Waals surface area (Å²) in [5.74, 6) is -1.67. The molecule has 264 valence electrons. The van der Waals surface area contributed by atoms with Crippen molar-refractivity contribution < 1.29 is 97.0 Å². The van der Waals surface area contributed by atoms with Crippen molar-refractivity contribution >= 4 is 29.7 Å². The monoisotopic (exact) mass is 742 g/mol. The number of hydrogen-bond acceptors (Lipinski definition) is 10. The summed E-state index contributed by atoms with van der Waals surface area (Å²) in [7, 11) is -10.2. The predicted molar refractivity (Wildman–Crippen MR) is 185 cm³/mol. The summed E-state index contributed by atoms with van der Waals surface area (Å²) in [5.41, 5.74) is 4.03. The number of allylic oxidation sites excluding steroid dienone is 6. The van der Waals surface area contributed by atoms with Crippen LogP contribution in [-0.4, -0.2) is 42.5 Å². The molecule has 49 heavy (non-hydrogen) atoms. The summed E-state index contributed by atoms with van der Waals surface area (Å²) < 4.78 is 73.3. The molecule has 0 aliphatic carbocycles. The Morgan fingerprint density at radius 3 is 1.55 bits per heavy atom. The molecule has 0 N–H and O–H groups in total. The van der Waals surface area contributed by atoms with Crippen molar-refractivity contribution in [2.45, 2.75) is 104 Å². The van der Waals surface area contributed by atoms with Crippen LogP contribution in [0.3, 0.4) is 0 Å². The van der Waals surface area contributed by atoms with Gasteiger partial charge in [-0.05, 0) is 111 Å². The maximum atomic E-state index is 14.2. The Balaban J connectivity index is 0.0000120. The van der Waals surface area contributed by atoms with Crippen LogP contribution >= 0.6 is 7.60 Å². The Labute approximate surface area is 334 Å². The van der Waals surface area contributed by atoms with E-state index in [9.17, 15) is 27.1 Å². The fraction of sp³-hybridized carbons (Fsp3) is 0.444. The first kappa shape index (κ1) is 45.3. The molecular formula is C36H48KO10PS. The number of benzene rings is 2. The van der Waals surface area contributed by atoms with Crippen LogP contribution in [0.5, 0.6) is 0 Å². The first-order chi connectivity index (χ1) is 22.6. The molecule has 3 unspecified atom stereocenters. The molecule has 2 aromatic rings. The molecule has 0 heterocycles. The fourth-order valence-electron chi connectivity index (χ4n) is 4.64. The van der Waals surface area contributed by atoms with Crippen LogP contribution < -0.4 is 51.4 Å². The molecule has 3 atom stereocenters. The molecule has 0 amide bonds. The molecule has 2 aromatic carbocycles. The van der Waals surface area contributed by atoms with Gasteiger partial charge >= 0.3 is 70.9 Å². The van der Waals surface area contributed by atoms with Crippen LogP contribution in [0, 0.1) is 0 Å². The van der Waals surface area contributed by atoms with Gasteiger partial charge in [0.25, 0.3) is 0 Å². The van der Waals surface area contributed by atoms with Gasteiger partial charge in [0, 0.05) is 0 Å². The van der Waals surface area contributed by atoms with Crippen molar-refractivity contribution in [3.05, 3.63) is 107 Å². The van der Waals surface area contributed by atoms with Crippen molar-refractivity contribution in [3.63, 3.8) is 0 Å². The van der Waals surface area contributed by atoms with Crippen molar-refractivity contribution in [2.75, 3.05) is 0 Å². The van der Waals surface area contributed by atoms with E-state index in [-0.39, 0.29) is 75.4 Å². The Morgan fingerprint density at radius 2 is 1.14 bits per heavy atom. The largest absolute Gasteiger partial charge is 1.00 e. The zero-order valence-electron chi connectivity index (χ0n) is 29.6. The number of ether oxygens (including phenoxy) is 2. The van der Waals surface area contributed by atoms with Gasteiger partial charge in [-0.2, -0.15) is 0 Å². The van der Waals surface area contributed by atoms with Gasteiger partial charge in [-0.25, -0.2) is 18.0 Å². The first-order valence-electron chi connectivity index (χ1n) is 16.0. The average molecular weight is 743 g/mol. The molecule has 0 aliphatic rings. The normalized spacial score (nSPS) is 15.2. The maximum Gasteiger partial charge on any atom is 1.00 e. The van der Waals surface area contributed by atoms with Crippen molar-refractivity contribution in [2.24, 2.45) is 0 Å². The zero-order chi connectivity index (χ0) is 35.7. The van der Waals surface area contributed by atoms with Gasteiger partial charge in [0.05, 0.1) is 11.1 Å². The average Bonchev–Trinajstić information content (AvgIpc) is 3.00. The van der Waals surface area contributed by atoms with E-state index in [1.807, 2.05) is 13.0 Å². The van der Waals surface area contributed by atoms with E-state index in [2.05, 4.69) is 32.9 Å². The Bertz CT molecular complexity index is 1500. The van der Waals surface area contributed by atoms with E-state index < -0.39 is 47.2 Å². The van der Waals surface area contributed by atoms with E-state index in [0.29, 0.717) is 6.42 Å². The number of unbranched alkanes of at least 4 members (excludes halogenated alkanes) is 1. The van der Waals surface area contributed by atoms with E-state index in [4.69, 9.17) is 18.5 Å². The third-order valence-corrected chi connectivity index (χ3v) is 11.7. The van der Waals surface area contributed by atoms with Crippen LogP contribution in [-0.2, 0) is 33.2 Å². The maximum absolute atomic E-state index is 14.2. The summed E-state index contributed by atoms with van der Waals surface area (Å²) in [6.45, 7) is 10.7. The van der Waals surface area contributed by atoms with Crippen LogP contribution in [0.25, 0.3) is 0 Å². The van der Waals surface area contributed by atoms with Crippen molar-refractivity contribution in [1.29, 1.82) is 0 Å². The van der Waals surface area contributed by atoms with E-state index in [1.54, 1.807) is 36.4 Å². The van der Waals surface area contributed by atoms with Gasteiger partial charge in [0.1, 0.15) is 10.1 Å². The van der Waals surface area contributed by atoms with Crippen LogP contribution in [0.4, 0.5) is 0 Å². The summed E-state index contributed by atoms with van der Waals surface area (Å²) >= 11 is 0. The molecule has 13 heteroatoms. The second-order valence-electron chi connectivity index (χ2n) is 11.8. The minimum atomic E-state index is -5.29. The number of hydrogen-bond donors (Lipinski definition) is 0. The molecule has 0 saturated heterocycles. The molecule has 0 spiro atoms. The number of rotatable bonds is 20. The zero-order valence-corrected chi connectivity index (χ0v) is 34.5. The van der Waals surface area contributed by atoms with Crippen molar-refractivity contribution in [1.82, 2.24) is 0 Å². The number of esters is 2. The summed E-state index contributed by atoms with van der Waals surface area (Å²) in [6, 6.07) is 15.8. The molecule has 0 aromatic heterocycles. The molecule has 0 saturated carbocycles. The molecular weight excluding hydrogens is 695 g/mol. The fourth-order valence-corrected chi connectivity index (χ4v) is 8.40. The number of carbonyl (C=O) groups excluding carboxylic acids is 2. The summed E-state index contributed by atoms with van der Waals surface area (Å²) in [6.07, 6.45) is 7.03. The summed E-state index contributed by atoms with van der Waals surface area (Å²) in [4.78, 5) is 23.0.